The molecule has 0 amide bonds. The van der Waals surface area contributed by atoms with Crippen LogP contribution >= 0.6 is 11.6 Å². The first-order chi connectivity index (χ1) is 8.56. The van der Waals surface area contributed by atoms with Gasteiger partial charge in [-0.2, -0.15) is 0 Å². The van der Waals surface area contributed by atoms with Crippen LogP contribution in [-0.4, -0.2) is 16.1 Å². The highest BCUT2D eigenvalue weighted by Gasteiger charge is 2.08. The van der Waals surface area contributed by atoms with Crippen LogP contribution in [0.4, 0.5) is 0 Å². The predicted molar refractivity (Wildman–Crippen MR) is 67.5 cm³/mol. The monoisotopic (exact) mass is 263 g/mol. The molecule has 2 rings (SSSR count). The van der Waals surface area contributed by atoms with Crippen molar-refractivity contribution in [2.75, 3.05) is 0 Å². The van der Waals surface area contributed by atoms with Gasteiger partial charge >= 0.3 is 5.97 Å². The van der Waals surface area contributed by atoms with Gasteiger partial charge in [0.2, 0.25) is 0 Å². The smallest absolute Gasteiger partial charge is 0.335 e. The van der Waals surface area contributed by atoms with E-state index < -0.39 is 5.97 Å². The van der Waals surface area contributed by atoms with Gasteiger partial charge in [0.25, 0.3) is 0 Å². The zero-order valence-electron chi connectivity index (χ0n) is 9.55. The average molecular weight is 264 g/mol. The van der Waals surface area contributed by atoms with Crippen molar-refractivity contribution >= 4 is 17.6 Å². The van der Waals surface area contributed by atoms with Crippen molar-refractivity contribution in [1.29, 1.82) is 0 Å². The van der Waals surface area contributed by atoms with Crippen LogP contribution in [0.15, 0.2) is 36.5 Å². The summed E-state index contributed by atoms with van der Waals surface area (Å²) in [6, 6.07) is 7.89. The lowest BCUT2D eigenvalue weighted by molar-refractivity contribution is 0.0697. The van der Waals surface area contributed by atoms with E-state index in [1.807, 2.05) is 13.0 Å². The fourth-order valence-electron chi connectivity index (χ4n) is 1.36. The minimum Gasteiger partial charge on any atom is -0.478 e. The molecule has 0 unspecified atom stereocenters. The molecule has 0 saturated carbocycles. The average Bonchev–Trinajstić information content (AvgIpc) is 2.34. The van der Waals surface area contributed by atoms with Crippen LogP contribution in [0.25, 0.3) is 0 Å². The van der Waals surface area contributed by atoms with Crippen LogP contribution in [-0.2, 0) is 0 Å². The fourth-order valence-corrected chi connectivity index (χ4v) is 1.58. The number of aromatic nitrogens is 1. The first-order valence-electron chi connectivity index (χ1n) is 5.19. The third-order valence-electron chi connectivity index (χ3n) is 2.29. The van der Waals surface area contributed by atoms with E-state index in [9.17, 15) is 4.79 Å². The first kappa shape index (κ1) is 12.4. The highest BCUT2D eigenvalue weighted by atomic mass is 35.5. The number of hydrogen-bond acceptors (Lipinski definition) is 3. The molecule has 1 aromatic carbocycles. The van der Waals surface area contributed by atoms with Crippen molar-refractivity contribution < 1.29 is 14.6 Å². The summed E-state index contributed by atoms with van der Waals surface area (Å²) in [6.45, 7) is 1.87. The maximum Gasteiger partial charge on any atom is 0.335 e. The minimum absolute atomic E-state index is 0.120. The van der Waals surface area contributed by atoms with Crippen LogP contribution in [0.1, 0.15) is 16.1 Å². The topological polar surface area (TPSA) is 59.4 Å². The molecule has 0 spiro atoms. The summed E-state index contributed by atoms with van der Waals surface area (Å²) in [4.78, 5) is 14.8. The zero-order chi connectivity index (χ0) is 13.1. The van der Waals surface area contributed by atoms with Gasteiger partial charge in [0.1, 0.15) is 11.5 Å². The van der Waals surface area contributed by atoms with Crippen molar-refractivity contribution in [2.24, 2.45) is 0 Å². The van der Waals surface area contributed by atoms with Crippen molar-refractivity contribution in [2.45, 2.75) is 6.92 Å². The van der Waals surface area contributed by atoms with E-state index in [1.54, 1.807) is 12.3 Å². The summed E-state index contributed by atoms with van der Waals surface area (Å²) in [6.07, 6.45) is 1.58. The molecular formula is C13H10ClNO3. The Morgan fingerprint density at radius 1 is 1.33 bits per heavy atom. The first-order valence-corrected chi connectivity index (χ1v) is 5.57. The number of carbonyl (C=O) groups is 1. The molecule has 0 fully saturated rings. The van der Waals surface area contributed by atoms with Crippen LogP contribution in [0, 0.1) is 6.92 Å². The summed E-state index contributed by atoms with van der Waals surface area (Å²) in [5, 5.41) is 9.06. The van der Waals surface area contributed by atoms with Crippen molar-refractivity contribution in [3.05, 3.63) is 52.8 Å². The summed E-state index contributed by atoms with van der Waals surface area (Å²) in [7, 11) is 0. The SMILES string of the molecule is Cc1ccc(Oc2ccc(C(=O)O)cc2Cl)cn1. The largest absolute Gasteiger partial charge is 0.478 e. The van der Waals surface area contributed by atoms with E-state index in [4.69, 9.17) is 21.4 Å². The lowest BCUT2D eigenvalue weighted by Crippen LogP contribution is -1.96. The molecule has 0 bridgehead atoms. The molecule has 4 nitrogen and oxygen atoms in total. The molecule has 92 valence electrons. The predicted octanol–water partition coefficient (Wildman–Crippen LogP) is 3.53. The standard InChI is InChI=1S/C13H10ClNO3/c1-8-2-4-10(7-15-8)18-12-5-3-9(13(16)17)6-11(12)14/h2-7H,1H3,(H,16,17). The molecule has 18 heavy (non-hydrogen) atoms. The van der Waals surface area contributed by atoms with Crippen molar-refractivity contribution in [3.8, 4) is 11.5 Å². The second-order valence-corrected chi connectivity index (χ2v) is 4.09. The van der Waals surface area contributed by atoms with E-state index in [1.165, 1.54) is 18.2 Å². The van der Waals surface area contributed by atoms with Gasteiger partial charge in [0.05, 0.1) is 16.8 Å². The van der Waals surface area contributed by atoms with Gasteiger partial charge in [-0.15, -0.1) is 0 Å². The Morgan fingerprint density at radius 2 is 2.11 bits per heavy atom. The van der Waals surface area contributed by atoms with E-state index in [0.29, 0.717) is 11.5 Å². The maximum absolute atomic E-state index is 10.8. The molecule has 0 aliphatic carbocycles. The molecule has 1 heterocycles. The van der Waals surface area contributed by atoms with Gasteiger partial charge in [-0.1, -0.05) is 11.6 Å². The van der Waals surface area contributed by atoms with E-state index >= 15 is 0 Å². The van der Waals surface area contributed by atoms with E-state index in [-0.39, 0.29) is 10.6 Å². The number of aromatic carboxylic acids is 1. The second kappa shape index (κ2) is 5.06. The molecule has 0 saturated heterocycles. The lowest BCUT2D eigenvalue weighted by atomic mass is 10.2. The fraction of sp³-hybridized carbons (Fsp3) is 0.0769. The number of carboxylic acids is 1. The summed E-state index contributed by atoms with van der Waals surface area (Å²) < 4.78 is 5.51. The number of nitrogens with zero attached hydrogens (tertiary/aromatic N) is 1. The quantitative estimate of drug-likeness (QED) is 0.920. The molecule has 0 radical (unpaired) electrons. The number of aryl methyl sites for hydroxylation is 1. The maximum atomic E-state index is 10.8. The molecular weight excluding hydrogens is 254 g/mol. The molecule has 2 aromatic rings. The van der Waals surface area contributed by atoms with Crippen LogP contribution in [0.5, 0.6) is 11.5 Å². The number of carboxylic acid groups (broad SMARTS) is 1. The highest BCUT2D eigenvalue weighted by molar-refractivity contribution is 6.32. The van der Waals surface area contributed by atoms with Gasteiger partial charge in [0, 0.05) is 5.69 Å². The number of pyridine rings is 1. The highest BCUT2D eigenvalue weighted by Crippen LogP contribution is 2.29. The molecule has 1 N–H and O–H groups in total. The molecule has 5 heteroatoms. The third-order valence-corrected chi connectivity index (χ3v) is 2.59. The van der Waals surface area contributed by atoms with Crippen LogP contribution in [0.2, 0.25) is 5.02 Å². The third kappa shape index (κ3) is 2.78. The molecule has 0 aliphatic rings. The number of benzene rings is 1. The second-order valence-electron chi connectivity index (χ2n) is 3.69. The lowest BCUT2D eigenvalue weighted by Gasteiger charge is -2.07. The van der Waals surface area contributed by atoms with Crippen molar-refractivity contribution in [3.63, 3.8) is 0 Å². The minimum atomic E-state index is -1.03. The Hall–Kier alpha value is -2.07. The normalized spacial score (nSPS) is 10.1. The summed E-state index contributed by atoms with van der Waals surface area (Å²) >= 11 is 5.95. The van der Waals surface area contributed by atoms with Crippen molar-refractivity contribution in [1.82, 2.24) is 4.98 Å². The Balaban J connectivity index is 2.24. The van der Waals surface area contributed by atoms with E-state index in [2.05, 4.69) is 4.98 Å². The summed E-state index contributed by atoms with van der Waals surface area (Å²) in [5.74, 6) is -0.0849. The van der Waals surface area contributed by atoms with Crippen LogP contribution in [0.3, 0.4) is 0 Å². The number of hydrogen-bond donors (Lipinski definition) is 1. The van der Waals surface area contributed by atoms with E-state index in [0.717, 1.165) is 5.69 Å². The Morgan fingerprint density at radius 3 is 2.67 bits per heavy atom. The van der Waals surface area contributed by atoms with Gasteiger partial charge in [-0.3, -0.25) is 4.98 Å². The van der Waals surface area contributed by atoms with Crippen LogP contribution < -0.4 is 4.74 Å². The Labute approximate surface area is 109 Å². The zero-order valence-corrected chi connectivity index (χ0v) is 10.3. The van der Waals surface area contributed by atoms with Gasteiger partial charge in [0.15, 0.2) is 0 Å². The molecule has 1 aromatic heterocycles. The number of ether oxygens (including phenoxy) is 1. The number of halogens is 1. The van der Waals surface area contributed by atoms with Gasteiger partial charge < -0.3 is 9.84 Å². The molecule has 0 aliphatic heterocycles. The van der Waals surface area contributed by atoms with Gasteiger partial charge in [-0.25, -0.2) is 4.79 Å². The summed E-state index contributed by atoms with van der Waals surface area (Å²) in [5.41, 5.74) is 1.00. The van der Waals surface area contributed by atoms with Gasteiger partial charge in [-0.05, 0) is 37.3 Å². The Bertz CT molecular complexity index is 581. The molecule has 0 atom stereocenters. The Kier molecular flexibility index (Phi) is 3.48. The number of rotatable bonds is 3.